The van der Waals surface area contributed by atoms with E-state index in [1.54, 1.807) is 6.07 Å². The van der Waals surface area contributed by atoms with Crippen LogP contribution < -0.4 is 10.6 Å². The van der Waals surface area contributed by atoms with Crippen LogP contribution in [0.4, 0.5) is 11.5 Å². The van der Waals surface area contributed by atoms with Crippen molar-refractivity contribution in [2.45, 2.75) is 38.6 Å². The predicted octanol–water partition coefficient (Wildman–Crippen LogP) is 2.55. The average molecular weight is 244 g/mol. The van der Waals surface area contributed by atoms with Crippen molar-refractivity contribution in [1.82, 2.24) is 4.98 Å². The zero-order chi connectivity index (χ0) is 13.1. The second-order valence-corrected chi connectivity index (χ2v) is 5.16. The quantitative estimate of drug-likeness (QED) is 0.868. The fourth-order valence-corrected chi connectivity index (χ4v) is 2.79. The van der Waals surface area contributed by atoms with Crippen LogP contribution >= 0.6 is 0 Å². The molecule has 18 heavy (non-hydrogen) atoms. The van der Waals surface area contributed by atoms with Crippen molar-refractivity contribution in [2.75, 3.05) is 17.7 Å². The van der Waals surface area contributed by atoms with Crippen LogP contribution in [-0.2, 0) is 0 Å². The van der Waals surface area contributed by atoms with E-state index in [-0.39, 0.29) is 0 Å². The predicted molar refractivity (Wildman–Crippen MR) is 73.2 cm³/mol. The highest BCUT2D eigenvalue weighted by atomic mass is 15.2. The number of nitrogens with two attached hydrogens (primary N) is 1. The van der Waals surface area contributed by atoms with Crippen LogP contribution in [0.3, 0.4) is 0 Å². The molecule has 4 heteroatoms. The molecule has 2 N–H and O–H groups in total. The van der Waals surface area contributed by atoms with E-state index in [9.17, 15) is 0 Å². The van der Waals surface area contributed by atoms with Crippen LogP contribution in [-0.4, -0.2) is 18.1 Å². The van der Waals surface area contributed by atoms with Crippen LogP contribution in [0.15, 0.2) is 12.1 Å². The Bertz CT molecular complexity index is 463. The molecule has 1 fully saturated rings. The average Bonchev–Trinajstić information content (AvgIpc) is 2.39. The van der Waals surface area contributed by atoms with Crippen molar-refractivity contribution in [3.05, 3.63) is 17.8 Å². The lowest BCUT2D eigenvalue weighted by molar-refractivity contribution is 0.320. The molecular weight excluding hydrogens is 224 g/mol. The minimum Gasteiger partial charge on any atom is -0.396 e. The summed E-state index contributed by atoms with van der Waals surface area (Å²) in [6.45, 7) is 2.29. The third-order valence-electron chi connectivity index (χ3n) is 3.94. The first-order valence-corrected chi connectivity index (χ1v) is 6.53. The molecule has 0 radical (unpaired) electrons. The zero-order valence-corrected chi connectivity index (χ0v) is 11.1. The summed E-state index contributed by atoms with van der Waals surface area (Å²) in [4.78, 5) is 6.54. The van der Waals surface area contributed by atoms with Crippen molar-refractivity contribution in [1.29, 1.82) is 5.26 Å². The lowest BCUT2D eigenvalue weighted by Gasteiger charge is -2.37. The molecule has 0 bridgehead atoms. The molecule has 1 aromatic heterocycles. The van der Waals surface area contributed by atoms with E-state index in [1.165, 1.54) is 25.7 Å². The van der Waals surface area contributed by atoms with Crippen LogP contribution in [0, 0.1) is 17.2 Å². The lowest BCUT2D eigenvalue weighted by Crippen LogP contribution is -2.39. The molecule has 0 saturated heterocycles. The molecule has 96 valence electrons. The first kappa shape index (κ1) is 12.7. The molecule has 0 aliphatic heterocycles. The standard InChI is InChI=1S/C14H20N4/c1-10-5-3-4-6-13(10)18(2)14-8-7-11(16)12(9-15)17-14/h7-8,10,13H,3-6,16H2,1-2H3. The van der Waals surface area contributed by atoms with Gasteiger partial charge in [0, 0.05) is 13.1 Å². The number of nitriles is 1. The van der Waals surface area contributed by atoms with E-state index < -0.39 is 0 Å². The molecule has 4 nitrogen and oxygen atoms in total. The molecule has 1 aliphatic carbocycles. The van der Waals surface area contributed by atoms with E-state index in [0.29, 0.717) is 23.3 Å². The number of anilines is 2. The Hall–Kier alpha value is -1.76. The van der Waals surface area contributed by atoms with Gasteiger partial charge in [0.05, 0.1) is 5.69 Å². The van der Waals surface area contributed by atoms with Gasteiger partial charge in [-0.05, 0) is 30.9 Å². The molecule has 0 amide bonds. The van der Waals surface area contributed by atoms with Gasteiger partial charge in [-0.15, -0.1) is 0 Å². The van der Waals surface area contributed by atoms with E-state index in [2.05, 4.69) is 23.9 Å². The van der Waals surface area contributed by atoms with Crippen molar-refractivity contribution in [2.24, 2.45) is 5.92 Å². The van der Waals surface area contributed by atoms with Crippen molar-refractivity contribution < 1.29 is 0 Å². The highest BCUT2D eigenvalue weighted by Gasteiger charge is 2.25. The van der Waals surface area contributed by atoms with E-state index >= 15 is 0 Å². The van der Waals surface area contributed by atoms with Gasteiger partial charge in [0.15, 0.2) is 5.69 Å². The van der Waals surface area contributed by atoms with E-state index in [4.69, 9.17) is 11.0 Å². The largest absolute Gasteiger partial charge is 0.396 e. The molecule has 0 aromatic carbocycles. The summed E-state index contributed by atoms with van der Waals surface area (Å²) in [6.07, 6.45) is 5.07. The Morgan fingerprint density at radius 1 is 1.39 bits per heavy atom. The third kappa shape index (κ3) is 2.40. The van der Waals surface area contributed by atoms with Gasteiger partial charge in [0.1, 0.15) is 11.9 Å². The van der Waals surface area contributed by atoms with Gasteiger partial charge in [-0.1, -0.05) is 19.8 Å². The SMILES string of the molecule is CC1CCCCC1N(C)c1ccc(N)c(C#N)n1. The summed E-state index contributed by atoms with van der Waals surface area (Å²) < 4.78 is 0. The second kappa shape index (κ2) is 5.26. The topological polar surface area (TPSA) is 65.9 Å². The Balaban J connectivity index is 2.22. The van der Waals surface area contributed by atoms with Crippen molar-refractivity contribution in [3.8, 4) is 6.07 Å². The number of nitrogen functional groups attached to an aromatic ring is 1. The number of hydrogen-bond donors (Lipinski definition) is 1. The number of rotatable bonds is 2. The maximum atomic E-state index is 8.98. The third-order valence-corrected chi connectivity index (χ3v) is 3.94. The first-order chi connectivity index (χ1) is 8.63. The first-order valence-electron chi connectivity index (χ1n) is 6.53. The molecule has 2 unspecified atom stereocenters. The summed E-state index contributed by atoms with van der Waals surface area (Å²) in [5, 5.41) is 8.98. The van der Waals surface area contributed by atoms with Crippen molar-refractivity contribution >= 4 is 11.5 Å². The normalized spacial score (nSPS) is 23.4. The molecule has 2 rings (SSSR count). The highest BCUT2D eigenvalue weighted by molar-refractivity contribution is 5.55. The van der Waals surface area contributed by atoms with Gasteiger partial charge in [0.25, 0.3) is 0 Å². The molecule has 2 atom stereocenters. The van der Waals surface area contributed by atoms with Crippen LogP contribution in [0.2, 0.25) is 0 Å². The summed E-state index contributed by atoms with van der Waals surface area (Å²) >= 11 is 0. The Labute approximate surface area is 108 Å². The van der Waals surface area contributed by atoms with Gasteiger partial charge in [-0.25, -0.2) is 4.98 Å². The molecule has 1 aliphatic rings. The van der Waals surface area contributed by atoms with E-state index in [1.807, 2.05) is 12.1 Å². The minimum absolute atomic E-state index is 0.322. The Morgan fingerprint density at radius 2 is 2.11 bits per heavy atom. The molecular formula is C14H20N4. The van der Waals surface area contributed by atoms with Gasteiger partial charge >= 0.3 is 0 Å². The van der Waals surface area contributed by atoms with Crippen molar-refractivity contribution in [3.63, 3.8) is 0 Å². The monoisotopic (exact) mass is 244 g/mol. The fourth-order valence-electron chi connectivity index (χ4n) is 2.79. The smallest absolute Gasteiger partial charge is 0.165 e. The second-order valence-electron chi connectivity index (χ2n) is 5.16. The number of hydrogen-bond acceptors (Lipinski definition) is 4. The van der Waals surface area contributed by atoms with E-state index in [0.717, 1.165) is 5.82 Å². The zero-order valence-electron chi connectivity index (χ0n) is 11.1. The Morgan fingerprint density at radius 3 is 2.78 bits per heavy atom. The summed E-state index contributed by atoms with van der Waals surface area (Å²) in [5.74, 6) is 1.52. The molecule has 1 saturated carbocycles. The summed E-state index contributed by atoms with van der Waals surface area (Å²) in [5.41, 5.74) is 6.47. The van der Waals surface area contributed by atoms with Crippen LogP contribution in [0.1, 0.15) is 38.3 Å². The summed E-state index contributed by atoms with van der Waals surface area (Å²) in [6, 6.07) is 6.23. The van der Waals surface area contributed by atoms with Crippen LogP contribution in [0.25, 0.3) is 0 Å². The Kier molecular flexibility index (Phi) is 3.71. The van der Waals surface area contributed by atoms with Gasteiger partial charge in [0.2, 0.25) is 0 Å². The lowest BCUT2D eigenvalue weighted by atomic mass is 9.85. The maximum absolute atomic E-state index is 8.98. The number of nitrogens with zero attached hydrogens (tertiary/aromatic N) is 3. The summed E-state index contributed by atoms with van der Waals surface area (Å²) in [7, 11) is 2.06. The van der Waals surface area contributed by atoms with Crippen LogP contribution in [0.5, 0.6) is 0 Å². The fraction of sp³-hybridized carbons (Fsp3) is 0.571. The molecule has 0 spiro atoms. The maximum Gasteiger partial charge on any atom is 0.165 e. The van der Waals surface area contributed by atoms with Gasteiger partial charge < -0.3 is 10.6 Å². The molecule has 1 heterocycles. The number of aromatic nitrogens is 1. The minimum atomic E-state index is 0.322. The highest BCUT2D eigenvalue weighted by Crippen LogP contribution is 2.30. The molecule has 1 aromatic rings. The number of pyridine rings is 1. The van der Waals surface area contributed by atoms with Gasteiger partial charge in [-0.3, -0.25) is 0 Å². The van der Waals surface area contributed by atoms with Gasteiger partial charge in [-0.2, -0.15) is 5.26 Å².